The average Bonchev–Trinajstić information content (AvgIpc) is 2.28. The molecule has 0 bridgehead atoms. The van der Waals surface area contributed by atoms with E-state index in [1.54, 1.807) is 17.8 Å². The monoisotopic (exact) mass is 249 g/mol. The molecule has 3 heteroatoms. The number of hydrogen-bond donors (Lipinski definition) is 0. The molecule has 0 unspecified atom stereocenters. The molecule has 0 aliphatic heterocycles. The number of aromatic nitrogens is 1. The standard InChI is InChI=1S/C13H12ClNS/c1-10-5-7-12(8-6-10)16-9-11-3-2-4-13(14)15-11/h2-8H,9H2,1H3. The molecule has 0 aliphatic carbocycles. The second-order valence-corrected chi connectivity index (χ2v) is 4.99. The maximum atomic E-state index is 5.83. The van der Waals surface area contributed by atoms with Crippen LogP contribution in [-0.2, 0) is 5.75 Å². The zero-order chi connectivity index (χ0) is 11.4. The highest BCUT2D eigenvalue weighted by Crippen LogP contribution is 2.22. The number of hydrogen-bond acceptors (Lipinski definition) is 2. The fourth-order valence-electron chi connectivity index (χ4n) is 1.32. The zero-order valence-electron chi connectivity index (χ0n) is 8.98. The third kappa shape index (κ3) is 3.26. The first-order chi connectivity index (χ1) is 7.74. The molecule has 0 radical (unpaired) electrons. The van der Waals surface area contributed by atoms with Crippen LogP contribution in [0.2, 0.25) is 5.15 Å². The molecule has 0 N–H and O–H groups in total. The summed E-state index contributed by atoms with van der Waals surface area (Å²) in [4.78, 5) is 5.51. The number of nitrogens with zero attached hydrogens (tertiary/aromatic N) is 1. The van der Waals surface area contributed by atoms with Crippen LogP contribution < -0.4 is 0 Å². The van der Waals surface area contributed by atoms with E-state index in [1.807, 2.05) is 12.1 Å². The van der Waals surface area contributed by atoms with E-state index in [2.05, 4.69) is 36.2 Å². The van der Waals surface area contributed by atoms with Crippen molar-refractivity contribution in [2.45, 2.75) is 17.6 Å². The summed E-state index contributed by atoms with van der Waals surface area (Å²) in [5.41, 5.74) is 2.29. The highest BCUT2D eigenvalue weighted by molar-refractivity contribution is 7.98. The van der Waals surface area contributed by atoms with Gasteiger partial charge in [-0.05, 0) is 31.2 Å². The number of halogens is 1. The van der Waals surface area contributed by atoms with Gasteiger partial charge >= 0.3 is 0 Å². The fraction of sp³-hybridized carbons (Fsp3) is 0.154. The highest BCUT2D eigenvalue weighted by Gasteiger charge is 1.98. The van der Waals surface area contributed by atoms with E-state index in [9.17, 15) is 0 Å². The van der Waals surface area contributed by atoms with Gasteiger partial charge in [-0.1, -0.05) is 35.4 Å². The third-order valence-electron chi connectivity index (χ3n) is 2.18. The Morgan fingerprint density at radius 1 is 1.12 bits per heavy atom. The smallest absolute Gasteiger partial charge is 0.129 e. The SMILES string of the molecule is Cc1ccc(SCc2cccc(Cl)n2)cc1. The van der Waals surface area contributed by atoms with Crippen LogP contribution in [0, 0.1) is 6.92 Å². The Labute approximate surface area is 105 Å². The molecule has 2 aromatic rings. The Morgan fingerprint density at radius 3 is 2.56 bits per heavy atom. The Bertz CT molecular complexity index is 468. The van der Waals surface area contributed by atoms with Gasteiger partial charge in [-0.15, -0.1) is 11.8 Å². The van der Waals surface area contributed by atoms with Crippen molar-refractivity contribution in [3.8, 4) is 0 Å². The molecule has 0 spiro atoms. The lowest BCUT2D eigenvalue weighted by atomic mass is 10.2. The Morgan fingerprint density at radius 2 is 1.88 bits per heavy atom. The van der Waals surface area contributed by atoms with Gasteiger partial charge in [0.1, 0.15) is 5.15 Å². The topological polar surface area (TPSA) is 12.9 Å². The van der Waals surface area contributed by atoms with Crippen LogP contribution in [0.15, 0.2) is 47.4 Å². The van der Waals surface area contributed by atoms with E-state index in [1.165, 1.54) is 10.5 Å². The van der Waals surface area contributed by atoms with Crippen molar-refractivity contribution in [2.75, 3.05) is 0 Å². The normalized spacial score (nSPS) is 10.4. The number of benzene rings is 1. The lowest BCUT2D eigenvalue weighted by molar-refractivity contribution is 1.17. The van der Waals surface area contributed by atoms with Crippen molar-refractivity contribution in [2.24, 2.45) is 0 Å². The first-order valence-corrected chi connectivity index (χ1v) is 6.41. The largest absolute Gasteiger partial charge is 0.240 e. The van der Waals surface area contributed by atoms with Crippen molar-refractivity contribution in [3.05, 3.63) is 58.9 Å². The summed E-state index contributed by atoms with van der Waals surface area (Å²) in [6.07, 6.45) is 0. The van der Waals surface area contributed by atoms with Crippen molar-refractivity contribution >= 4 is 23.4 Å². The predicted molar refractivity (Wildman–Crippen MR) is 70.0 cm³/mol. The highest BCUT2D eigenvalue weighted by atomic mass is 35.5. The molecular weight excluding hydrogens is 238 g/mol. The lowest BCUT2D eigenvalue weighted by Gasteiger charge is -2.02. The van der Waals surface area contributed by atoms with Crippen molar-refractivity contribution in [1.29, 1.82) is 0 Å². The third-order valence-corrected chi connectivity index (χ3v) is 3.44. The van der Waals surface area contributed by atoms with Crippen LogP contribution in [0.5, 0.6) is 0 Å². The fourth-order valence-corrected chi connectivity index (χ4v) is 2.31. The van der Waals surface area contributed by atoms with Crippen LogP contribution in [0.1, 0.15) is 11.3 Å². The molecule has 1 heterocycles. The predicted octanol–water partition coefficient (Wildman–Crippen LogP) is 4.34. The molecule has 2 rings (SSSR count). The summed E-state index contributed by atoms with van der Waals surface area (Å²) in [6, 6.07) is 14.2. The van der Waals surface area contributed by atoms with Gasteiger partial charge < -0.3 is 0 Å². The van der Waals surface area contributed by atoms with Gasteiger partial charge in [0.15, 0.2) is 0 Å². The van der Waals surface area contributed by atoms with Gasteiger partial charge in [0.05, 0.1) is 5.69 Å². The minimum atomic E-state index is 0.557. The second kappa shape index (κ2) is 5.37. The van der Waals surface area contributed by atoms with E-state index < -0.39 is 0 Å². The Kier molecular flexibility index (Phi) is 3.86. The summed E-state index contributed by atoms with van der Waals surface area (Å²) < 4.78 is 0. The van der Waals surface area contributed by atoms with E-state index in [4.69, 9.17) is 11.6 Å². The Balaban J connectivity index is 1.99. The molecule has 16 heavy (non-hydrogen) atoms. The molecule has 0 aliphatic rings. The van der Waals surface area contributed by atoms with Gasteiger partial charge in [0.25, 0.3) is 0 Å². The van der Waals surface area contributed by atoms with E-state index in [0.717, 1.165) is 11.4 Å². The minimum Gasteiger partial charge on any atom is -0.240 e. The van der Waals surface area contributed by atoms with Gasteiger partial charge in [-0.2, -0.15) is 0 Å². The maximum Gasteiger partial charge on any atom is 0.129 e. The molecule has 1 aromatic heterocycles. The van der Waals surface area contributed by atoms with Crippen molar-refractivity contribution in [3.63, 3.8) is 0 Å². The van der Waals surface area contributed by atoms with E-state index >= 15 is 0 Å². The van der Waals surface area contributed by atoms with Crippen LogP contribution in [0.4, 0.5) is 0 Å². The molecule has 1 nitrogen and oxygen atoms in total. The first kappa shape index (κ1) is 11.5. The van der Waals surface area contributed by atoms with Gasteiger partial charge in [0.2, 0.25) is 0 Å². The number of thioether (sulfide) groups is 1. The van der Waals surface area contributed by atoms with Crippen LogP contribution in [0.3, 0.4) is 0 Å². The number of rotatable bonds is 3. The van der Waals surface area contributed by atoms with Crippen molar-refractivity contribution in [1.82, 2.24) is 4.98 Å². The van der Waals surface area contributed by atoms with Crippen LogP contribution in [-0.4, -0.2) is 4.98 Å². The van der Waals surface area contributed by atoms with Gasteiger partial charge in [0, 0.05) is 10.6 Å². The molecule has 0 fully saturated rings. The van der Waals surface area contributed by atoms with E-state index in [0.29, 0.717) is 5.15 Å². The molecule has 0 atom stereocenters. The van der Waals surface area contributed by atoms with Gasteiger partial charge in [-0.25, -0.2) is 4.98 Å². The summed E-state index contributed by atoms with van der Waals surface area (Å²) in [6.45, 7) is 2.09. The van der Waals surface area contributed by atoms with Crippen LogP contribution in [0.25, 0.3) is 0 Å². The first-order valence-electron chi connectivity index (χ1n) is 5.05. The minimum absolute atomic E-state index is 0.557. The number of pyridine rings is 1. The second-order valence-electron chi connectivity index (χ2n) is 3.55. The summed E-state index contributed by atoms with van der Waals surface area (Å²) in [5, 5.41) is 0.557. The summed E-state index contributed by atoms with van der Waals surface area (Å²) in [5.74, 6) is 0.851. The summed E-state index contributed by atoms with van der Waals surface area (Å²) >= 11 is 7.60. The molecule has 0 amide bonds. The van der Waals surface area contributed by atoms with E-state index in [-0.39, 0.29) is 0 Å². The van der Waals surface area contributed by atoms with Gasteiger partial charge in [-0.3, -0.25) is 0 Å². The average molecular weight is 250 g/mol. The summed E-state index contributed by atoms with van der Waals surface area (Å²) in [7, 11) is 0. The molecule has 82 valence electrons. The molecule has 1 aromatic carbocycles. The van der Waals surface area contributed by atoms with Crippen LogP contribution >= 0.6 is 23.4 Å². The maximum absolute atomic E-state index is 5.83. The molecule has 0 saturated heterocycles. The zero-order valence-corrected chi connectivity index (χ0v) is 10.6. The molecular formula is C13H12ClNS. The van der Waals surface area contributed by atoms with Crippen molar-refractivity contribution < 1.29 is 0 Å². The lowest BCUT2D eigenvalue weighted by Crippen LogP contribution is -1.86. The Hall–Kier alpha value is -0.990. The molecule has 0 saturated carbocycles. The number of aryl methyl sites for hydroxylation is 1. The quantitative estimate of drug-likeness (QED) is 0.593.